The van der Waals surface area contributed by atoms with E-state index in [1.807, 2.05) is 13.8 Å². The minimum absolute atomic E-state index is 1.09. The molecule has 0 saturated carbocycles. The van der Waals surface area contributed by atoms with E-state index in [9.17, 15) is 0 Å². The normalized spacial score (nSPS) is 13.9. The molecule has 0 amide bonds. The molecule has 3 aromatic carbocycles. The summed E-state index contributed by atoms with van der Waals surface area (Å²) in [7, 11) is 0. The molecule has 0 bridgehead atoms. The number of rotatable bonds is 5. The first-order valence-electron chi connectivity index (χ1n) is 11.6. The first-order valence-corrected chi connectivity index (χ1v) is 11.6. The monoisotopic (exact) mass is 406 g/mol. The van der Waals surface area contributed by atoms with Crippen molar-refractivity contribution in [2.24, 2.45) is 0 Å². The molecule has 0 spiro atoms. The molecule has 0 saturated heterocycles. The number of aryl methyl sites for hydroxylation is 1. The Balaban J connectivity index is 0.00000132. The van der Waals surface area contributed by atoms with Gasteiger partial charge in [0.25, 0.3) is 0 Å². The molecule has 4 rings (SSSR count). The largest absolute Gasteiger partial charge is 0.0701 e. The summed E-state index contributed by atoms with van der Waals surface area (Å²) in [5, 5.41) is 0. The van der Waals surface area contributed by atoms with Crippen LogP contribution in [0.3, 0.4) is 0 Å². The maximum atomic E-state index is 2.35. The average molecular weight is 407 g/mol. The van der Waals surface area contributed by atoms with Crippen molar-refractivity contribution < 1.29 is 0 Å². The molecule has 1 aliphatic rings. The van der Waals surface area contributed by atoms with Crippen LogP contribution < -0.4 is 0 Å². The fourth-order valence-corrected chi connectivity index (χ4v) is 4.06. The molecular formula is C31H34. The molecule has 0 aromatic heterocycles. The number of hydrogen-bond donors (Lipinski definition) is 0. The first kappa shape index (κ1) is 22.6. The third-order valence-electron chi connectivity index (χ3n) is 5.73. The summed E-state index contributed by atoms with van der Waals surface area (Å²) in [6, 6.07) is 30.6. The topological polar surface area (TPSA) is 0 Å². The SMILES string of the molecule is CC.CCC1=CC=C(/C(=C(\c2ccccc2)c2ccc(C)cc2)c2ccccc2)CC1. The predicted octanol–water partition coefficient (Wildman–Crippen LogP) is 9.04. The van der Waals surface area contributed by atoms with Gasteiger partial charge >= 0.3 is 0 Å². The lowest BCUT2D eigenvalue weighted by atomic mass is 9.82. The molecule has 0 radical (unpaired) electrons. The van der Waals surface area contributed by atoms with Crippen LogP contribution in [0.4, 0.5) is 0 Å². The van der Waals surface area contributed by atoms with Crippen LogP contribution in [0.15, 0.2) is 108 Å². The predicted molar refractivity (Wildman–Crippen MR) is 137 cm³/mol. The lowest BCUT2D eigenvalue weighted by Crippen LogP contribution is -2.01. The van der Waals surface area contributed by atoms with Gasteiger partial charge in [-0.15, -0.1) is 0 Å². The van der Waals surface area contributed by atoms with E-state index in [0.29, 0.717) is 0 Å². The summed E-state index contributed by atoms with van der Waals surface area (Å²) in [5.41, 5.74) is 10.7. The second-order valence-corrected chi connectivity index (χ2v) is 7.72. The lowest BCUT2D eigenvalue weighted by molar-refractivity contribution is 0.875. The van der Waals surface area contributed by atoms with E-state index in [2.05, 4.69) is 111 Å². The third-order valence-corrected chi connectivity index (χ3v) is 5.73. The highest BCUT2D eigenvalue weighted by molar-refractivity contribution is 6.04. The second kappa shape index (κ2) is 11.3. The van der Waals surface area contributed by atoms with Crippen LogP contribution in [0, 0.1) is 6.92 Å². The van der Waals surface area contributed by atoms with Crippen molar-refractivity contribution in [3.8, 4) is 0 Å². The highest BCUT2D eigenvalue weighted by atomic mass is 14.2. The zero-order valence-corrected chi connectivity index (χ0v) is 19.4. The van der Waals surface area contributed by atoms with Crippen LogP contribution in [0.1, 0.15) is 62.3 Å². The van der Waals surface area contributed by atoms with Crippen molar-refractivity contribution in [1.29, 1.82) is 0 Å². The summed E-state index contributed by atoms with van der Waals surface area (Å²) >= 11 is 0. The minimum Gasteiger partial charge on any atom is -0.0701 e. The Hall–Kier alpha value is -3.12. The summed E-state index contributed by atoms with van der Waals surface area (Å²) in [6.45, 7) is 8.40. The first-order chi connectivity index (χ1) is 15.3. The standard InChI is InChI=1S/C29H28.C2H6/c1-3-23-16-20-27(21-17-23)29(25-12-8-5-9-13-25)28(24-10-6-4-7-11-24)26-18-14-22(2)15-19-26;1-2/h4-16,18-20H,3,17,21H2,1-2H3;1-2H3/b29-28+;. The van der Waals surface area contributed by atoms with Gasteiger partial charge in [0.2, 0.25) is 0 Å². The highest BCUT2D eigenvalue weighted by Gasteiger charge is 2.19. The van der Waals surface area contributed by atoms with E-state index in [4.69, 9.17) is 0 Å². The van der Waals surface area contributed by atoms with Crippen LogP contribution in [0.2, 0.25) is 0 Å². The van der Waals surface area contributed by atoms with E-state index in [1.165, 1.54) is 44.5 Å². The van der Waals surface area contributed by atoms with Crippen molar-refractivity contribution in [1.82, 2.24) is 0 Å². The maximum Gasteiger partial charge on any atom is -0.00301 e. The zero-order valence-electron chi connectivity index (χ0n) is 19.4. The van der Waals surface area contributed by atoms with Gasteiger partial charge in [0.15, 0.2) is 0 Å². The number of hydrogen-bond acceptors (Lipinski definition) is 0. The fraction of sp³-hybridized carbons (Fsp3) is 0.226. The molecule has 31 heavy (non-hydrogen) atoms. The van der Waals surface area contributed by atoms with Crippen molar-refractivity contribution in [3.63, 3.8) is 0 Å². The summed E-state index contributed by atoms with van der Waals surface area (Å²) in [5.74, 6) is 0. The molecule has 0 nitrogen and oxygen atoms in total. The molecule has 0 fully saturated rings. The molecule has 0 N–H and O–H groups in total. The molecule has 158 valence electrons. The smallest absolute Gasteiger partial charge is 0.00301 e. The van der Waals surface area contributed by atoms with Gasteiger partial charge in [0, 0.05) is 0 Å². The Labute approximate surface area is 188 Å². The molecular weight excluding hydrogens is 372 g/mol. The van der Waals surface area contributed by atoms with Gasteiger partial charge in [-0.2, -0.15) is 0 Å². The lowest BCUT2D eigenvalue weighted by Gasteiger charge is -2.22. The van der Waals surface area contributed by atoms with Crippen LogP contribution in [0.5, 0.6) is 0 Å². The second-order valence-electron chi connectivity index (χ2n) is 7.72. The third kappa shape index (κ3) is 5.52. The van der Waals surface area contributed by atoms with E-state index < -0.39 is 0 Å². The molecule has 0 unspecified atom stereocenters. The van der Waals surface area contributed by atoms with Gasteiger partial charge in [-0.05, 0) is 59.6 Å². The van der Waals surface area contributed by atoms with Crippen molar-refractivity contribution in [3.05, 3.63) is 130 Å². The minimum atomic E-state index is 1.09. The van der Waals surface area contributed by atoms with Gasteiger partial charge in [-0.3, -0.25) is 0 Å². The van der Waals surface area contributed by atoms with Crippen LogP contribution in [-0.4, -0.2) is 0 Å². The Bertz CT molecular complexity index is 1050. The molecule has 1 aliphatic carbocycles. The fourth-order valence-electron chi connectivity index (χ4n) is 4.06. The number of benzene rings is 3. The van der Waals surface area contributed by atoms with E-state index in [-0.39, 0.29) is 0 Å². The number of allylic oxidation sites excluding steroid dienone is 5. The summed E-state index contributed by atoms with van der Waals surface area (Å²) in [4.78, 5) is 0. The van der Waals surface area contributed by atoms with Gasteiger partial charge in [-0.25, -0.2) is 0 Å². The quantitative estimate of drug-likeness (QED) is 0.371. The highest BCUT2D eigenvalue weighted by Crippen LogP contribution is 2.40. The molecule has 0 heteroatoms. The van der Waals surface area contributed by atoms with Crippen LogP contribution in [-0.2, 0) is 0 Å². The van der Waals surface area contributed by atoms with Crippen molar-refractivity contribution >= 4 is 11.1 Å². The molecule has 3 aromatic rings. The van der Waals surface area contributed by atoms with E-state index in [1.54, 1.807) is 0 Å². The summed E-state index contributed by atoms with van der Waals surface area (Å²) < 4.78 is 0. The van der Waals surface area contributed by atoms with Crippen molar-refractivity contribution in [2.45, 2.75) is 47.0 Å². The van der Waals surface area contributed by atoms with Crippen LogP contribution in [0.25, 0.3) is 11.1 Å². The average Bonchev–Trinajstić information content (AvgIpc) is 2.86. The van der Waals surface area contributed by atoms with E-state index in [0.717, 1.165) is 19.3 Å². The van der Waals surface area contributed by atoms with Gasteiger partial charge in [-0.1, -0.05) is 129 Å². The molecule has 0 heterocycles. The van der Waals surface area contributed by atoms with Gasteiger partial charge in [0.05, 0.1) is 0 Å². The Morgan fingerprint density at radius 3 is 1.61 bits per heavy atom. The zero-order chi connectivity index (χ0) is 22.1. The maximum absolute atomic E-state index is 2.35. The Morgan fingerprint density at radius 2 is 1.13 bits per heavy atom. The Morgan fingerprint density at radius 1 is 0.613 bits per heavy atom. The van der Waals surface area contributed by atoms with Crippen LogP contribution >= 0.6 is 0 Å². The summed E-state index contributed by atoms with van der Waals surface area (Å²) in [6.07, 6.45) is 8.06. The Kier molecular flexibility index (Phi) is 8.24. The molecule has 0 atom stereocenters. The molecule has 0 aliphatic heterocycles. The van der Waals surface area contributed by atoms with Gasteiger partial charge in [0.1, 0.15) is 0 Å². The van der Waals surface area contributed by atoms with Gasteiger partial charge < -0.3 is 0 Å². The van der Waals surface area contributed by atoms with Crippen molar-refractivity contribution in [2.75, 3.05) is 0 Å². The van der Waals surface area contributed by atoms with E-state index >= 15 is 0 Å².